The minimum Gasteiger partial charge on any atom is -0.383 e. The normalized spacial score (nSPS) is 11.0. The van der Waals surface area contributed by atoms with E-state index in [-0.39, 0.29) is 0 Å². The number of hydrogen-bond acceptors (Lipinski definition) is 6. The van der Waals surface area contributed by atoms with Crippen LogP contribution in [0.25, 0.3) is 10.2 Å². The highest BCUT2D eigenvalue weighted by atomic mass is 32.2. The molecule has 4 nitrogen and oxygen atoms in total. The van der Waals surface area contributed by atoms with Gasteiger partial charge < -0.3 is 11.5 Å². The van der Waals surface area contributed by atoms with Crippen LogP contribution in [0.3, 0.4) is 0 Å². The van der Waals surface area contributed by atoms with E-state index in [1.807, 2.05) is 12.3 Å². The molecule has 2 rings (SSSR count). The number of nitrogen functional groups attached to an aromatic ring is 1. The Hall–Kier alpha value is -0.850. The van der Waals surface area contributed by atoms with Crippen LogP contribution in [0.1, 0.15) is 4.88 Å². The van der Waals surface area contributed by atoms with Crippen LogP contribution in [-0.4, -0.2) is 16.2 Å². The molecule has 6 heteroatoms. The number of anilines is 1. The molecule has 0 atom stereocenters. The smallest absolute Gasteiger partial charge is 0.190 e. The molecule has 2 heterocycles. The number of fused-ring (bicyclic) bond motifs is 1. The fourth-order valence-electron chi connectivity index (χ4n) is 1.16. The maximum Gasteiger partial charge on any atom is 0.190 e. The molecule has 0 aliphatic heterocycles. The zero-order valence-electron chi connectivity index (χ0n) is 7.65. The highest BCUT2D eigenvalue weighted by Crippen LogP contribution is 2.28. The van der Waals surface area contributed by atoms with E-state index in [0.29, 0.717) is 17.5 Å². The molecule has 0 radical (unpaired) electrons. The van der Waals surface area contributed by atoms with Crippen LogP contribution in [0, 0.1) is 0 Å². The van der Waals surface area contributed by atoms with Crippen molar-refractivity contribution in [3.63, 3.8) is 0 Å². The monoisotopic (exact) mass is 226 g/mol. The lowest BCUT2D eigenvalue weighted by Gasteiger charge is -1.97. The van der Waals surface area contributed by atoms with Crippen molar-refractivity contribution in [2.45, 2.75) is 11.7 Å². The summed E-state index contributed by atoms with van der Waals surface area (Å²) in [4.78, 5) is 10.5. The number of hydrogen-bond donors (Lipinski definition) is 2. The van der Waals surface area contributed by atoms with Crippen molar-refractivity contribution >= 4 is 39.1 Å². The molecule has 0 amide bonds. The number of thioether (sulfide) groups is 1. The van der Waals surface area contributed by atoms with Gasteiger partial charge in [-0.25, -0.2) is 9.97 Å². The largest absolute Gasteiger partial charge is 0.383 e. The SMILES string of the molecule is CSc1nc(N)c2cc(CN)sc2n1. The van der Waals surface area contributed by atoms with Gasteiger partial charge in [-0.3, -0.25) is 0 Å². The summed E-state index contributed by atoms with van der Waals surface area (Å²) < 4.78 is 0. The van der Waals surface area contributed by atoms with Crippen molar-refractivity contribution in [2.24, 2.45) is 5.73 Å². The Kier molecular flexibility index (Phi) is 2.58. The molecule has 0 bridgehead atoms. The van der Waals surface area contributed by atoms with Crippen molar-refractivity contribution in [1.82, 2.24) is 9.97 Å². The summed E-state index contributed by atoms with van der Waals surface area (Å²) in [6.45, 7) is 0.523. The molecule has 0 aromatic carbocycles. The molecular formula is C8H10N4S2. The Morgan fingerprint density at radius 1 is 1.50 bits per heavy atom. The Labute approximate surface area is 89.7 Å². The molecule has 14 heavy (non-hydrogen) atoms. The van der Waals surface area contributed by atoms with E-state index in [0.717, 1.165) is 15.1 Å². The first kappa shape index (κ1) is 9.70. The lowest BCUT2D eigenvalue weighted by Crippen LogP contribution is -1.94. The molecule has 0 fully saturated rings. The predicted molar refractivity (Wildman–Crippen MR) is 61.5 cm³/mol. The maximum absolute atomic E-state index is 5.80. The van der Waals surface area contributed by atoms with Crippen molar-refractivity contribution in [1.29, 1.82) is 0 Å². The van der Waals surface area contributed by atoms with Gasteiger partial charge in [0.15, 0.2) is 5.16 Å². The van der Waals surface area contributed by atoms with Gasteiger partial charge in [0, 0.05) is 11.4 Å². The number of nitrogens with two attached hydrogens (primary N) is 2. The first-order chi connectivity index (χ1) is 6.74. The van der Waals surface area contributed by atoms with Crippen LogP contribution in [-0.2, 0) is 6.54 Å². The number of nitrogens with zero attached hydrogens (tertiary/aromatic N) is 2. The van der Waals surface area contributed by atoms with E-state index in [9.17, 15) is 0 Å². The summed E-state index contributed by atoms with van der Waals surface area (Å²) in [7, 11) is 0. The second-order valence-corrected chi connectivity index (χ2v) is 4.62. The van der Waals surface area contributed by atoms with Gasteiger partial charge >= 0.3 is 0 Å². The highest BCUT2D eigenvalue weighted by Gasteiger charge is 2.08. The zero-order valence-corrected chi connectivity index (χ0v) is 9.28. The predicted octanol–water partition coefficient (Wildman–Crippen LogP) is 1.45. The Morgan fingerprint density at radius 2 is 2.29 bits per heavy atom. The summed E-state index contributed by atoms with van der Waals surface area (Å²) in [5, 5.41) is 1.62. The molecular weight excluding hydrogens is 216 g/mol. The fraction of sp³-hybridized carbons (Fsp3) is 0.250. The van der Waals surface area contributed by atoms with Crippen LogP contribution >= 0.6 is 23.1 Å². The van der Waals surface area contributed by atoms with E-state index in [2.05, 4.69) is 9.97 Å². The summed E-state index contributed by atoms with van der Waals surface area (Å²) in [5.41, 5.74) is 11.4. The highest BCUT2D eigenvalue weighted by molar-refractivity contribution is 7.98. The topological polar surface area (TPSA) is 77.8 Å². The van der Waals surface area contributed by atoms with Crippen molar-refractivity contribution in [2.75, 3.05) is 12.0 Å². The van der Waals surface area contributed by atoms with E-state index in [4.69, 9.17) is 11.5 Å². The van der Waals surface area contributed by atoms with E-state index < -0.39 is 0 Å². The van der Waals surface area contributed by atoms with E-state index in [1.165, 1.54) is 11.8 Å². The lowest BCUT2D eigenvalue weighted by atomic mass is 10.3. The quantitative estimate of drug-likeness (QED) is 0.598. The van der Waals surface area contributed by atoms with Crippen molar-refractivity contribution in [3.05, 3.63) is 10.9 Å². The third kappa shape index (κ3) is 1.56. The Balaban J connectivity index is 2.67. The molecule has 2 aromatic rings. The van der Waals surface area contributed by atoms with Crippen molar-refractivity contribution < 1.29 is 0 Å². The molecule has 0 unspecified atom stereocenters. The maximum atomic E-state index is 5.80. The standard InChI is InChI=1S/C8H10N4S2/c1-13-8-11-6(10)5-2-4(3-9)14-7(5)12-8/h2H,3,9H2,1H3,(H2,10,11,12). The fourth-order valence-corrected chi connectivity index (χ4v) is 2.51. The average Bonchev–Trinajstić information content (AvgIpc) is 2.61. The third-order valence-electron chi connectivity index (χ3n) is 1.84. The number of rotatable bonds is 2. The van der Waals surface area contributed by atoms with Gasteiger partial charge in [0.05, 0.1) is 5.39 Å². The molecule has 0 saturated heterocycles. The Morgan fingerprint density at radius 3 is 2.93 bits per heavy atom. The van der Waals surface area contributed by atoms with E-state index in [1.54, 1.807) is 11.3 Å². The summed E-state index contributed by atoms with van der Waals surface area (Å²) in [5.74, 6) is 0.537. The minimum atomic E-state index is 0.523. The molecule has 4 N–H and O–H groups in total. The molecule has 0 aliphatic carbocycles. The van der Waals surface area contributed by atoms with E-state index >= 15 is 0 Å². The molecule has 0 saturated carbocycles. The zero-order chi connectivity index (χ0) is 10.1. The van der Waals surface area contributed by atoms with Gasteiger partial charge in [0.2, 0.25) is 0 Å². The molecule has 0 spiro atoms. The van der Waals surface area contributed by atoms with Crippen LogP contribution in [0.5, 0.6) is 0 Å². The third-order valence-corrected chi connectivity index (χ3v) is 3.44. The summed E-state index contributed by atoms with van der Waals surface area (Å²) >= 11 is 3.06. The second kappa shape index (κ2) is 3.72. The van der Waals surface area contributed by atoms with Crippen LogP contribution in [0.2, 0.25) is 0 Å². The van der Waals surface area contributed by atoms with Gasteiger partial charge in [-0.2, -0.15) is 0 Å². The van der Waals surface area contributed by atoms with Crippen LogP contribution in [0.15, 0.2) is 11.2 Å². The average molecular weight is 226 g/mol. The second-order valence-electron chi connectivity index (χ2n) is 2.73. The molecule has 2 aromatic heterocycles. The first-order valence-electron chi connectivity index (χ1n) is 4.04. The number of thiophene rings is 1. The van der Waals surface area contributed by atoms with Gasteiger partial charge in [0.1, 0.15) is 10.6 Å². The lowest BCUT2D eigenvalue weighted by molar-refractivity contribution is 1.02. The summed E-state index contributed by atoms with van der Waals surface area (Å²) in [6, 6.07) is 1.96. The van der Waals surface area contributed by atoms with Crippen LogP contribution < -0.4 is 11.5 Å². The molecule has 0 aliphatic rings. The Bertz CT molecular complexity index is 466. The number of aromatic nitrogens is 2. The minimum absolute atomic E-state index is 0.523. The van der Waals surface area contributed by atoms with Gasteiger partial charge in [-0.05, 0) is 12.3 Å². The van der Waals surface area contributed by atoms with Crippen molar-refractivity contribution in [3.8, 4) is 0 Å². The van der Waals surface area contributed by atoms with Gasteiger partial charge in [-0.15, -0.1) is 11.3 Å². The first-order valence-corrected chi connectivity index (χ1v) is 6.08. The molecule has 74 valence electrons. The van der Waals surface area contributed by atoms with Crippen LogP contribution in [0.4, 0.5) is 5.82 Å². The van der Waals surface area contributed by atoms with Gasteiger partial charge in [0.25, 0.3) is 0 Å². The van der Waals surface area contributed by atoms with Gasteiger partial charge in [-0.1, -0.05) is 11.8 Å². The summed E-state index contributed by atoms with van der Waals surface area (Å²) in [6.07, 6.45) is 1.93.